The van der Waals surface area contributed by atoms with Crippen LogP contribution in [0.2, 0.25) is 0 Å². The van der Waals surface area contributed by atoms with E-state index in [4.69, 9.17) is 9.47 Å². The van der Waals surface area contributed by atoms with Crippen LogP contribution in [0.4, 0.5) is 4.39 Å². The van der Waals surface area contributed by atoms with Crippen LogP contribution >= 0.6 is 12.4 Å². The van der Waals surface area contributed by atoms with E-state index in [0.717, 1.165) is 32.5 Å². The average Bonchev–Trinajstić information content (AvgIpc) is 2.48. The van der Waals surface area contributed by atoms with Crippen molar-refractivity contribution in [3.05, 3.63) is 30.1 Å². The number of ether oxygens (including phenoxy) is 2. The highest BCUT2D eigenvalue weighted by Gasteiger charge is 2.36. The van der Waals surface area contributed by atoms with Gasteiger partial charge < -0.3 is 9.47 Å². The largest absolute Gasteiger partial charge is 0.482 e. The summed E-state index contributed by atoms with van der Waals surface area (Å²) in [6, 6.07) is 5.59. The topological polar surface area (TPSA) is 38.8 Å². The molecule has 3 aliphatic heterocycles. The second-order valence-corrected chi connectivity index (χ2v) is 5.41. The summed E-state index contributed by atoms with van der Waals surface area (Å²) in [6.45, 7) is 2.94. The highest BCUT2D eigenvalue weighted by Crippen LogP contribution is 2.29. The van der Waals surface area contributed by atoms with Crippen LogP contribution in [0.25, 0.3) is 0 Å². The number of hydrogen-bond acceptors (Lipinski definition) is 4. The highest BCUT2D eigenvalue weighted by atomic mass is 35.5. The Hall–Kier alpha value is -1.33. The van der Waals surface area contributed by atoms with Gasteiger partial charge in [0.1, 0.15) is 17.7 Å². The maximum Gasteiger partial charge on any atom is 0.344 e. The fourth-order valence-corrected chi connectivity index (χ4v) is 2.92. The molecule has 4 nitrogen and oxygen atoms in total. The molecule has 3 aliphatic rings. The van der Waals surface area contributed by atoms with Gasteiger partial charge in [-0.1, -0.05) is 0 Å². The van der Waals surface area contributed by atoms with E-state index in [2.05, 4.69) is 4.90 Å². The van der Waals surface area contributed by atoms with Gasteiger partial charge in [0.15, 0.2) is 6.61 Å². The Bertz CT molecular complexity index is 474. The molecule has 1 aromatic carbocycles. The Morgan fingerprint density at radius 1 is 1.24 bits per heavy atom. The van der Waals surface area contributed by atoms with Crippen LogP contribution < -0.4 is 4.74 Å². The van der Waals surface area contributed by atoms with Crippen LogP contribution in [-0.4, -0.2) is 43.2 Å². The lowest BCUT2D eigenvalue weighted by molar-refractivity contribution is -0.161. The summed E-state index contributed by atoms with van der Waals surface area (Å²) < 4.78 is 23.5. The molecule has 1 atom stereocenters. The zero-order chi connectivity index (χ0) is 13.9. The number of nitrogens with zero attached hydrogens (tertiary/aromatic N) is 1. The van der Waals surface area contributed by atoms with Crippen molar-refractivity contribution in [2.45, 2.75) is 18.9 Å². The van der Waals surface area contributed by atoms with Crippen LogP contribution in [0.1, 0.15) is 12.8 Å². The summed E-state index contributed by atoms with van der Waals surface area (Å²) in [5.74, 6) is 0.285. The normalized spacial score (nSPS) is 26.8. The maximum atomic E-state index is 12.7. The van der Waals surface area contributed by atoms with E-state index < -0.39 is 0 Å². The highest BCUT2D eigenvalue weighted by molar-refractivity contribution is 5.85. The van der Waals surface area contributed by atoms with Crippen molar-refractivity contribution in [1.82, 2.24) is 4.90 Å². The van der Waals surface area contributed by atoms with E-state index >= 15 is 0 Å². The Kier molecular flexibility index (Phi) is 5.42. The molecule has 2 bridgehead atoms. The summed E-state index contributed by atoms with van der Waals surface area (Å²) in [5.41, 5.74) is 0. The van der Waals surface area contributed by atoms with E-state index in [0.29, 0.717) is 11.7 Å². The minimum absolute atomic E-state index is 0. The van der Waals surface area contributed by atoms with Gasteiger partial charge in [-0.05, 0) is 56.1 Å². The third-order valence-electron chi connectivity index (χ3n) is 4.05. The van der Waals surface area contributed by atoms with Crippen LogP contribution in [0.3, 0.4) is 0 Å². The molecule has 21 heavy (non-hydrogen) atoms. The quantitative estimate of drug-likeness (QED) is 0.799. The first kappa shape index (κ1) is 16.0. The van der Waals surface area contributed by atoms with Gasteiger partial charge in [-0.15, -0.1) is 12.4 Å². The molecular formula is C15H19ClFNO3. The predicted molar refractivity (Wildman–Crippen MR) is 78.2 cm³/mol. The molecule has 0 saturated carbocycles. The van der Waals surface area contributed by atoms with Gasteiger partial charge in [0.2, 0.25) is 0 Å². The molecule has 0 N–H and O–H groups in total. The van der Waals surface area contributed by atoms with Gasteiger partial charge in [-0.3, -0.25) is 4.90 Å². The molecule has 1 unspecified atom stereocenters. The SMILES string of the molecule is Cl.O=C(COc1ccc(F)cc1)OC1CN2CCC1CC2. The van der Waals surface area contributed by atoms with Gasteiger partial charge in [-0.25, -0.2) is 9.18 Å². The molecule has 3 heterocycles. The van der Waals surface area contributed by atoms with Crippen LogP contribution in [0.15, 0.2) is 24.3 Å². The van der Waals surface area contributed by atoms with E-state index in [9.17, 15) is 9.18 Å². The predicted octanol–water partition coefficient (Wildman–Crippen LogP) is 2.26. The third kappa shape index (κ3) is 4.08. The molecule has 6 heteroatoms. The first-order valence-corrected chi connectivity index (χ1v) is 7.01. The Balaban J connectivity index is 0.00000161. The first-order valence-electron chi connectivity index (χ1n) is 7.01. The molecule has 3 saturated heterocycles. The summed E-state index contributed by atoms with van der Waals surface area (Å²) in [4.78, 5) is 14.1. The monoisotopic (exact) mass is 315 g/mol. The van der Waals surface area contributed by atoms with Crippen LogP contribution in [0, 0.1) is 11.7 Å². The number of piperidine rings is 3. The Labute approximate surface area is 129 Å². The number of rotatable bonds is 4. The molecule has 3 fully saturated rings. The minimum Gasteiger partial charge on any atom is -0.482 e. The number of carbonyl (C=O) groups is 1. The van der Waals surface area contributed by atoms with Gasteiger partial charge >= 0.3 is 5.97 Å². The van der Waals surface area contributed by atoms with Gasteiger partial charge in [0.05, 0.1) is 0 Å². The zero-order valence-electron chi connectivity index (χ0n) is 11.7. The number of benzene rings is 1. The fraction of sp³-hybridized carbons (Fsp3) is 0.533. The molecule has 116 valence electrons. The molecule has 0 aromatic heterocycles. The zero-order valence-corrected chi connectivity index (χ0v) is 12.5. The summed E-state index contributed by atoms with van der Waals surface area (Å²) in [7, 11) is 0. The second-order valence-electron chi connectivity index (χ2n) is 5.41. The smallest absolute Gasteiger partial charge is 0.344 e. The van der Waals surface area contributed by atoms with Crippen LogP contribution in [-0.2, 0) is 9.53 Å². The Morgan fingerprint density at radius 3 is 2.48 bits per heavy atom. The molecular weight excluding hydrogens is 297 g/mol. The molecule has 0 radical (unpaired) electrons. The summed E-state index contributed by atoms with van der Waals surface area (Å²) in [5, 5.41) is 0. The molecule has 0 aliphatic carbocycles. The molecule has 0 spiro atoms. The lowest BCUT2D eigenvalue weighted by Crippen LogP contribution is -2.52. The van der Waals surface area contributed by atoms with Gasteiger partial charge in [-0.2, -0.15) is 0 Å². The van der Waals surface area contributed by atoms with Crippen molar-refractivity contribution in [3.63, 3.8) is 0 Å². The van der Waals surface area contributed by atoms with Crippen molar-refractivity contribution in [2.24, 2.45) is 5.92 Å². The number of halogens is 2. The Morgan fingerprint density at radius 2 is 1.90 bits per heavy atom. The lowest BCUT2D eigenvalue weighted by atomic mass is 9.86. The van der Waals surface area contributed by atoms with Crippen molar-refractivity contribution < 1.29 is 18.7 Å². The average molecular weight is 316 g/mol. The van der Waals surface area contributed by atoms with Gasteiger partial charge in [0.25, 0.3) is 0 Å². The minimum atomic E-state index is -0.354. The van der Waals surface area contributed by atoms with Crippen molar-refractivity contribution in [1.29, 1.82) is 0 Å². The lowest BCUT2D eigenvalue weighted by Gasteiger charge is -2.43. The molecule has 1 aromatic rings. The van der Waals surface area contributed by atoms with Crippen molar-refractivity contribution in [2.75, 3.05) is 26.2 Å². The second kappa shape index (κ2) is 7.09. The number of hydrogen-bond donors (Lipinski definition) is 0. The number of fused-ring (bicyclic) bond motifs is 3. The van der Waals surface area contributed by atoms with E-state index in [-0.39, 0.29) is 36.9 Å². The number of carbonyl (C=O) groups excluding carboxylic acids is 1. The maximum absolute atomic E-state index is 12.7. The molecule has 4 rings (SSSR count). The van der Waals surface area contributed by atoms with E-state index in [1.54, 1.807) is 0 Å². The summed E-state index contributed by atoms with van der Waals surface area (Å²) in [6.07, 6.45) is 2.22. The summed E-state index contributed by atoms with van der Waals surface area (Å²) >= 11 is 0. The fourth-order valence-electron chi connectivity index (χ4n) is 2.92. The number of esters is 1. The third-order valence-corrected chi connectivity index (χ3v) is 4.05. The molecule has 0 amide bonds. The van der Waals surface area contributed by atoms with Crippen molar-refractivity contribution >= 4 is 18.4 Å². The van der Waals surface area contributed by atoms with Crippen LogP contribution in [0.5, 0.6) is 5.75 Å². The van der Waals surface area contributed by atoms with E-state index in [1.807, 2.05) is 0 Å². The van der Waals surface area contributed by atoms with Gasteiger partial charge in [0, 0.05) is 6.54 Å². The van der Waals surface area contributed by atoms with E-state index in [1.165, 1.54) is 24.3 Å². The van der Waals surface area contributed by atoms with Crippen molar-refractivity contribution in [3.8, 4) is 5.75 Å². The standard InChI is InChI=1S/C15H18FNO3.ClH/c16-12-1-3-13(4-2-12)19-10-15(18)20-14-9-17-7-5-11(14)6-8-17;/h1-4,11,14H,5-10H2;1H. The first-order chi connectivity index (χ1) is 9.70.